The van der Waals surface area contributed by atoms with Crippen molar-refractivity contribution >= 4 is 11.9 Å². The average Bonchev–Trinajstić information content (AvgIpc) is 2.37. The molecule has 1 amide bonds. The summed E-state index contributed by atoms with van der Waals surface area (Å²) < 4.78 is 4.78. The van der Waals surface area contributed by atoms with Crippen LogP contribution in [0.15, 0.2) is 0 Å². The van der Waals surface area contributed by atoms with E-state index in [9.17, 15) is 9.59 Å². The Labute approximate surface area is 109 Å². The molecule has 0 radical (unpaired) electrons. The van der Waals surface area contributed by atoms with Gasteiger partial charge in [-0.15, -0.1) is 0 Å². The summed E-state index contributed by atoms with van der Waals surface area (Å²) in [6.45, 7) is 7.80. The van der Waals surface area contributed by atoms with Gasteiger partial charge in [-0.2, -0.15) is 0 Å². The molecule has 5 heteroatoms. The average molecular weight is 256 g/mol. The van der Waals surface area contributed by atoms with Crippen molar-refractivity contribution in [2.75, 3.05) is 26.2 Å². The van der Waals surface area contributed by atoms with Gasteiger partial charge in [-0.25, -0.2) is 0 Å². The molecule has 1 rings (SSSR count). The highest BCUT2D eigenvalue weighted by molar-refractivity contribution is 5.85. The van der Waals surface area contributed by atoms with Crippen LogP contribution in [-0.4, -0.2) is 38.1 Å². The van der Waals surface area contributed by atoms with Crippen LogP contribution in [0, 0.1) is 11.3 Å². The Morgan fingerprint density at radius 2 is 2.17 bits per heavy atom. The summed E-state index contributed by atoms with van der Waals surface area (Å²) in [5, 5.41) is 5.97. The Kier molecular flexibility index (Phi) is 5.59. The van der Waals surface area contributed by atoms with Crippen LogP contribution in [0.4, 0.5) is 0 Å². The number of rotatable bonds is 5. The van der Waals surface area contributed by atoms with E-state index in [1.165, 1.54) is 0 Å². The lowest BCUT2D eigenvalue weighted by Crippen LogP contribution is -2.48. The first-order valence-electron chi connectivity index (χ1n) is 6.63. The highest BCUT2D eigenvalue weighted by Crippen LogP contribution is 2.31. The fraction of sp³-hybridized carbons (Fsp3) is 0.846. The number of hydrogen-bond acceptors (Lipinski definition) is 4. The summed E-state index contributed by atoms with van der Waals surface area (Å²) in [6.07, 6.45) is 2.14. The Bertz CT molecular complexity index is 297. The van der Waals surface area contributed by atoms with Crippen LogP contribution in [0.5, 0.6) is 0 Å². The van der Waals surface area contributed by atoms with Crippen LogP contribution in [0.3, 0.4) is 0 Å². The molecule has 0 saturated carbocycles. The summed E-state index contributed by atoms with van der Waals surface area (Å²) >= 11 is 0. The molecule has 0 aromatic carbocycles. The van der Waals surface area contributed by atoms with Crippen LogP contribution in [-0.2, 0) is 14.3 Å². The maximum absolute atomic E-state index is 12.1. The molecule has 5 nitrogen and oxygen atoms in total. The van der Waals surface area contributed by atoms with Gasteiger partial charge in [0.2, 0.25) is 5.91 Å². The Balaban J connectivity index is 2.45. The first-order chi connectivity index (χ1) is 8.48. The highest BCUT2D eigenvalue weighted by Gasteiger charge is 2.37. The van der Waals surface area contributed by atoms with Gasteiger partial charge in [-0.05, 0) is 38.8 Å². The van der Waals surface area contributed by atoms with Crippen LogP contribution < -0.4 is 10.6 Å². The summed E-state index contributed by atoms with van der Waals surface area (Å²) in [6, 6.07) is 0. The number of hydrogen-bond donors (Lipinski definition) is 2. The number of piperidine rings is 1. The second-order valence-corrected chi connectivity index (χ2v) is 5.25. The van der Waals surface area contributed by atoms with Crippen LogP contribution >= 0.6 is 0 Å². The van der Waals surface area contributed by atoms with E-state index in [0.717, 1.165) is 25.9 Å². The molecule has 1 unspecified atom stereocenters. The molecule has 1 atom stereocenters. The van der Waals surface area contributed by atoms with Crippen LogP contribution in [0.1, 0.15) is 33.6 Å². The number of ether oxygens (including phenoxy) is 1. The SMILES string of the molecule is CCOC(=O)CNC(=O)C(C)(C)C1CCCNC1. The van der Waals surface area contributed by atoms with Gasteiger partial charge in [-0.3, -0.25) is 9.59 Å². The molecule has 18 heavy (non-hydrogen) atoms. The first-order valence-corrected chi connectivity index (χ1v) is 6.63. The standard InChI is InChI=1S/C13H24N2O3/c1-4-18-11(16)9-15-12(17)13(2,3)10-6-5-7-14-8-10/h10,14H,4-9H2,1-3H3,(H,15,17). The highest BCUT2D eigenvalue weighted by atomic mass is 16.5. The van der Waals surface area contributed by atoms with Gasteiger partial charge in [0.05, 0.1) is 6.61 Å². The Morgan fingerprint density at radius 3 is 2.72 bits per heavy atom. The van der Waals surface area contributed by atoms with Crippen molar-refractivity contribution < 1.29 is 14.3 Å². The molecular weight excluding hydrogens is 232 g/mol. The molecule has 104 valence electrons. The number of carbonyl (C=O) groups excluding carboxylic acids is 2. The molecule has 1 fully saturated rings. The number of esters is 1. The Hall–Kier alpha value is -1.10. The number of nitrogens with one attached hydrogen (secondary N) is 2. The monoisotopic (exact) mass is 256 g/mol. The molecular formula is C13H24N2O3. The maximum atomic E-state index is 12.1. The van der Waals surface area contributed by atoms with Gasteiger partial charge < -0.3 is 15.4 Å². The largest absolute Gasteiger partial charge is 0.465 e. The van der Waals surface area contributed by atoms with Crippen molar-refractivity contribution in [1.82, 2.24) is 10.6 Å². The molecule has 1 heterocycles. The van der Waals surface area contributed by atoms with Gasteiger partial charge in [0.25, 0.3) is 0 Å². The fourth-order valence-electron chi connectivity index (χ4n) is 2.25. The molecule has 2 N–H and O–H groups in total. The van der Waals surface area contributed by atoms with Gasteiger partial charge >= 0.3 is 5.97 Å². The van der Waals surface area contributed by atoms with Gasteiger partial charge in [0, 0.05) is 5.41 Å². The molecule has 1 aliphatic rings. The summed E-state index contributed by atoms with van der Waals surface area (Å²) in [7, 11) is 0. The number of amides is 1. The lowest BCUT2D eigenvalue weighted by Gasteiger charge is -2.35. The Morgan fingerprint density at radius 1 is 1.44 bits per heavy atom. The van der Waals surface area contributed by atoms with Crippen molar-refractivity contribution in [3.05, 3.63) is 0 Å². The normalized spacial score (nSPS) is 20.3. The van der Waals surface area contributed by atoms with E-state index < -0.39 is 5.41 Å². The number of carbonyl (C=O) groups is 2. The van der Waals surface area contributed by atoms with E-state index >= 15 is 0 Å². The zero-order valence-corrected chi connectivity index (χ0v) is 11.5. The van der Waals surface area contributed by atoms with E-state index in [0.29, 0.717) is 12.5 Å². The summed E-state index contributed by atoms with van der Waals surface area (Å²) in [4.78, 5) is 23.3. The quantitative estimate of drug-likeness (QED) is 0.710. The van der Waals surface area contributed by atoms with Gasteiger partial charge in [-0.1, -0.05) is 13.8 Å². The smallest absolute Gasteiger partial charge is 0.325 e. The van der Waals surface area contributed by atoms with E-state index in [-0.39, 0.29) is 18.4 Å². The van der Waals surface area contributed by atoms with Crippen molar-refractivity contribution in [2.24, 2.45) is 11.3 Å². The van der Waals surface area contributed by atoms with Crippen molar-refractivity contribution in [3.63, 3.8) is 0 Å². The minimum Gasteiger partial charge on any atom is -0.465 e. The maximum Gasteiger partial charge on any atom is 0.325 e. The molecule has 0 bridgehead atoms. The first kappa shape index (κ1) is 15.0. The topological polar surface area (TPSA) is 67.4 Å². The lowest BCUT2D eigenvalue weighted by molar-refractivity contribution is -0.145. The summed E-state index contributed by atoms with van der Waals surface area (Å²) in [5.74, 6) is -0.152. The van der Waals surface area contributed by atoms with Gasteiger partial charge in [0.1, 0.15) is 6.54 Å². The molecule has 1 aliphatic heterocycles. The second kappa shape index (κ2) is 6.73. The van der Waals surface area contributed by atoms with Gasteiger partial charge in [0.15, 0.2) is 0 Å². The van der Waals surface area contributed by atoms with Crippen molar-refractivity contribution in [1.29, 1.82) is 0 Å². The van der Waals surface area contributed by atoms with Crippen molar-refractivity contribution in [2.45, 2.75) is 33.6 Å². The zero-order chi connectivity index (χ0) is 13.6. The van der Waals surface area contributed by atoms with E-state index in [2.05, 4.69) is 10.6 Å². The van der Waals surface area contributed by atoms with E-state index in [1.54, 1.807) is 6.92 Å². The third-order valence-electron chi connectivity index (χ3n) is 3.60. The minimum absolute atomic E-state index is 0.0454. The predicted molar refractivity (Wildman–Crippen MR) is 69.0 cm³/mol. The molecule has 1 saturated heterocycles. The van der Waals surface area contributed by atoms with Crippen LogP contribution in [0.25, 0.3) is 0 Å². The molecule has 0 aromatic rings. The summed E-state index contributed by atoms with van der Waals surface area (Å²) in [5.41, 5.74) is -0.458. The fourth-order valence-corrected chi connectivity index (χ4v) is 2.25. The molecule has 0 spiro atoms. The molecule has 0 aromatic heterocycles. The van der Waals surface area contributed by atoms with Crippen LogP contribution in [0.2, 0.25) is 0 Å². The van der Waals surface area contributed by atoms with E-state index in [1.807, 2.05) is 13.8 Å². The second-order valence-electron chi connectivity index (χ2n) is 5.25. The third kappa shape index (κ3) is 3.98. The third-order valence-corrected chi connectivity index (χ3v) is 3.60. The zero-order valence-electron chi connectivity index (χ0n) is 11.5. The van der Waals surface area contributed by atoms with Crippen molar-refractivity contribution in [3.8, 4) is 0 Å². The minimum atomic E-state index is -0.458. The van der Waals surface area contributed by atoms with E-state index in [4.69, 9.17) is 4.74 Å². The lowest BCUT2D eigenvalue weighted by atomic mass is 9.74. The molecule has 0 aliphatic carbocycles. The predicted octanol–water partition coefficient (Wildman–Crippen LogP) is 0.691.